The summed E-state index contributed by atoms with van der Waals surface area (Å²) in [5.74, 6) is 0.324. The van der Waals surface area contributed by atoms with Gasteiger partial charge in [0.2, 0.25) is 0 Å². The first-order valence-electron chi connectivity index (χ1n) is 5.57. The van der Waals surface area contributed by atoms with Crippen LogP contribution in [0.4, 0.5) is 4.39 Å². The van der Waals surface area contributed by atoms with Gasteiger partial charge in [0.25, 0.3) is 0 Å². The van der Waals surface area contributed by atoms with E-state index >= 15 is 0 Å². The van der Waals surface area contributed by atoms with E-state index < -0.39 is 0 Å². The Bertz CT molecular complexity index is 498. The van der Waals surface area contributed by atoms with Crippen LogP contribution in [0.5, 0.6) is 5.75 Å². The topological polar surface area (TPSA) is 35.2 Å². The highest BCUT2D eigenvalue weighted by Crippen LogP contribution is 2.22. The van der Waals surface area contributed by atoms with E-state index in [0.717, 1.165) is 10.0 Å². The lowest BCUT2D eigenvalue weighted by Gasteiger charge is -2.17. The summed E-state index contributed by atoms with van der Waals surface area (Å²) in [5, 5.41) is 0. The molecule has 18 heavy (non-hydrogen) atoms. The van der Waals surface area contributed by atoms with Crippen molar-refractivity contribution in [2.45, 2.75) is 6.10 Å². The van der Waals surface area contributed by atoms with Gasteiger partial charge in [-0.3, -0.25) is 0 Å². The molecule has 0 saturated heterocycles. The van der Waals surface area contributed by atoms with Crippen LogP contribution in [0.3, 0.4) is 0 Å². The maximum absolute atomic E-state index is 12.8. The Morgan fingerprint density at radius 1 is 1.06 bits per heavy atom. The van der Waals surface area contributed by atoms with Gasteiger partial charge in [-0.05, 0) is 42.0 Å². The Morgan fingerprint density at radius 3 is 2.22 bits per heavy atom. The fourth-order valence-corrected chi connectivity index (χ4v) is 1.87. The average Bonchev–Trinajstić information content (AvgIpc) is 2.39. The van der Waals surface area contributed by atoms with Crippen LogP contribution in [0.25, 0.3) is 0 Å². The van der Waals surface area contributed by atoms with Crippen molar-refractivity contribution < 1.29 is 9.13 Å². The fourth-order valence-electron chi connectivity index (χ4n) is 1.61. The number of hydrogen-bond acceptors (Lipinski definition) is 2. The smallest absolute Gasteiger partial charge is 0.136 e. The maximum atomic E-state index is 12.8. The van der Waals surface area contributed by atoms with Crippen LogP contribution in [0.1, 0.15) is 11.7 Å². The van der Waals surface area contributed by atoms with Gasteiger partial charge >= 0.3 is 0 Å². The Hall–Kier alpha value is -1.39. The molecule has 0 saturated carbocycles. The van der Waals surface area contributed by atoms with Gasteiger partial charge in [-0.2, -0.15) is 0 Å². The molecule has 0 bridgehead atoms. The van der Waals surface area contributed by atoms with E-state index in [1.54, 1.807) is 12.1 Å². The molecule has 0 spiro atoms. The lowest BCUT2D eigenvalue weighted by Crippen LogP contribution is -2.18. The number of nitrogens with two attached hydrogens (primary N) is 1. The van der Waals surface area contributed by atoms with E-state index in [1.807, 2.05) is 24.3 Å². The second-order valence-corrected chi connectivity index (χ2v) is 4.76. The third-order valence-corrected chi connectivity index (χ3v) is 3.08. The Labute approximate surface area is 114 Å². The second kappa shape index (κ2) is 5.98. The summed E-state index contributed by atoms with van der Waals surface area (Å²) in [6.07, 6.45) is -0.233. The summed E-state index contributed by atoms with van der Waals surface area (Å²) in [4.78, 5) is 0. The molecule has 4 heteroatoms. The molecule has 0 aliphatic rings. The van der Waals surface area contributed by atoms with Gasteiger partial charge in [0.15, 0.2) is 0 Å². The molecule has 2 N–H and O–H groups in total. The van der Waals surface area contributed by atoms with E-state index in [1.165, 1.54) is 12.1 Å². The molecule has 0 aromatic heterocycles. The lowest BCUT2D eigenvalue weighted by atomic mass is 10.1. The van der Waals surface area contributed by atoms with Crippen molar-refractivity contribution in [1.29, 1.82) is 0 Å². The molecule has 0 fully saturated rings. The molecule has 2 aromatic carbocycles. The quantitative estimate of drug-likeness (QED) is 0.935. The van der Waals surface area contributed by atoms with Gasteiger partial charge in [0, 0.05) is 11.0 Å². The van der Waals surface area contributed by atoms with Crippen LogP contribution in [0.2, 0.25) is 0 Å². The minimum Gasteiger partial charge on any atom is -0.484 e. The van der Waals surface area contributed by atoms with E-state index in [4.69, 9.17) is 10.5 Å². The van der Waals surface area contributed by atoms with Gasteiger partial charge in [-0.25, -0.2) is 4.39 Å². The highest BCUT2D eigenvalue weighted by atomic mass is 79.9. The lowest BCUT2D eigenvalue weighted by molar-refractivity contribution is 0.214. The van der Waals surface area contributed by atoms with Crippen molar-refractivity contribution in [3.05, 3.63) is 64.4 Å². The summed E-state index contributed by atoms with van der Waals surface area (Å²) in [6, 6.07) is 13.7. The van der Waals surface area contributed by atoms with Crippen molar-refractivity contribution in [3.8, 4) is 5.75 Å². The van der Waals surface area contributed by atoms with Crippen molar-refractivity contribution in [2.24, 2.45) is 5.73 Å². The monoisotopic (exact) mass is 309 g/mol. The Kier molecular flexibility index (Phi) is 4.33. The molecule has 2 nitrogen and oxygen atoms in total. The normalized spacial score (nSPS) is 12.2. The van der Waals surface area contributed by atoms with Gasteiger partial charge < -0.3 is 10.5 Å². The number of halogens is 2. The summed E-state index contributed by atoms with van der Waals surface area (Å²) < 4.78 is 19.5. The molecule has 94 valence electrons. The van der Waals surface area contributed by atoms with E-state index in [9.17, 15) is 4.39 Å². The predicted molar refractivity (Wildman–Crippen MR) is 73.0 cm³/mol. The van der Waals surface area contributed by atoms with Crippen LogP contribution in [-0.4, -0.2) is 6.54 Å². The largest absolute Gasteiger partial charge is 0.484 e. The summed E-state index contributed by atoms with van der Waals surface area (Å²) >= 11 is 3.38. The molecular formula is C14H13BrFNO. The predicted octanol–water partition coefficient (Wildman–Crippen LogP) is 3.67. The zero-order valence-electron chi connectivity index (χ0n) is 9.64. The Morgan fingerprint density at radius 2 is 1.67 bits per heavy atom. The van der Waals surface area contributed by atoms with Gasteiger partial charge in [0.1, 0.15) is 17.7 Å². The highest BCUT2D eigenvalue weighted by Gasteiger charge is 2.11. The molecule has 0 aliphatic heterocycles. The minimum absolute atomic E-state index is 0.233. The summed E-state index contributed by atoms with van der Waals surface area (Å²) in [6.45, 7) is 0.360. The first-order chi connectivity index (χ1) is 8.69. The minimum atomic E-state index is -0.282. The van der Waals surface area contributed by atoms with Gasteiger partial charge in [-0.1, -0.05) is 28.1 Å². The second-order valence-electron chi connectivity index (χ2n) is 3.85. The molecular weight excluding hydrogens is 297 g/mol. The maximum Gasteiger partial charge on any atom is 0.136 e. The number of rotatable bonds is 4. The molecule has 1 atom stereocenters. The van der Waals surface area contributed by atoms with E-state index in [2.05, 4.69) is 15.9 Å². The fraction of sp³-hybridized carbons (Fsp3) is 0.143. The van der Waals surface area contributed by atoms with Crippen molar-refractivity contribution in [1.82, 2.24) is 0 Å². The van der Waals surface area contributed by atoms with E-state index in [-0.39, 0.29) is 11.9 Å². The molecule has 0 radical (unpaired) electrons. The first-order valence-corrected chi connectivity index (χ1v) is 6.36. The van der Waals surface area contributed by atoms with Crippen LogP contribution in [0.15, 0.2) is 53.0 Å². The molecule has 1 unspecified atom stereocenters. The SMILES string of the molecule is NCC(Oc1ccc(F)cc1)c1ccc(Br)cc1. The average molecular weight is 310 g/mol. The highest BCUT2D eigenvalue weighted by molar-refractivity contribution is 9.10. The van der Waals surface area contributed by atoms with Crippen molar-refractivity contribution in [3.63, 3.8) is 0 Å². The Balaban J connectivity index is 2.14. The van der Waals surface area contributed by atoms with Crippen LogP contribution < -0.4 is 10.5 Å². The van der Waals surface area contributed by atoms with Crippen LogP contribution >= 0.6 is 15.9 Å². The van der Waals surface area contributed by atoms with E-state index in [0.29, 0.717) is 12.3 Å². The van der Waals surface area contributed by atoms with Crippen LogP contribution in [0, 0.1) is 5.82 Å². The molecule has 0 amide bonds. The third-order valence-electron chi connectivity index (χ3n) is 2.55. The van der Waals surface area contributed by atoms with Gasteiger partial charge in [-0.15, -0.1) is 0 Å². The zero-order valence-corrected chi connectivity index (χ0v) is 11.2. The molecule has 0 heterocycles. The summed E-state index contributed by atoms with van der Waals surface area (Å²) in [5.41, 5.74) is 6.70. The first kappa shape index (κ1) is 13.1. The van der Waals surface area contributed by atoms with Gasteiger partial charge in [0.05, 0.1) is 0 Å². The van der Waals surface area contributed by atoms with Crippen molar-refractivity contribution in [2.75, 3.05) is 6.54 Å². The van der Waals surface area contributed by atoms with Crippen molar-refractivity contribution >= 4 is 15.9 Å². The number of hydrogen-bond donors (Lipinski definition) is 1. The molecule has 2 rings (SSSR count). The number of benzene rings is 2. The summed E-state index contributed by atoms with van der Waals surface area (Å²) in [7, 11) is 0. The standard InChI is InChI=1S/C14H13BrFNO/c15-11-3-1-10(2-4-11)14(9-17)18-13-7-5-12(16)6-8-13/h1-8,14H,9,17H2. The van der Waals surface area contributed by atoms with Crippen LogP contribution in [-0.2, 0) is 0 Å². The zero-order chi connectivity index (χ0) is 13.0. The molecule has 2 aromatic rings. The molecule has 0 aliphatic carbocycles. The number of ether oxygens (including phenoxy) is 1. The third kappa shape index (κ3) is 3.31.